The first-order chi connectivity index (χ1) is 10.8. The van der Waals surface area contributed by atoms with Gasteiger partial charge in [0, 0.05) is 11.1 Å². The molecule has 0 aliphatic carbocycles. The van der Waals surface area contributed by atoms with E-state index < -0.39 is 17.6 Å². The van der Waals surface area contributed by atoms with Crippen LogP contribution in [0.25, 0.3) is 0 Å². The van der Waals surface area contributed by atoms with Gasteiger partial charge in [-0.15, -0.1) is 0 Å². The van der Waals surface area contributed by atoms with Gasteiger partial charge in [0.05, 0.1) is 16.3 Å². The number of aromatic hydroxyl groups is 1. The van der Waals surface area contributed by atoms with Crippen molar-refractivity contribution in [2.45, 2.75) is 6.18 Å². The van der Waals surface area contributed by atoms with Crippen LogP contribution in [0.1, 0.15) is 21.5 Å². The van der Waals surface area contributed by atoms with Gasteiger partial charge in [-0.25, -0.2) is 5.43 Å². The Morgan fingerprint density at radius 2 is 1.91 bits per heavy atom. The van der Waals surface area contributed by atoms with E-state index in [9.17, 15) is 23.1 Å². The minimum Gasteiger partial charge on any atom is -0.506 e. The quantitative estimate of drug-likeness (QED) is 0.619. The molecule has 0 aliphatic rings. The Balaban J connectivity index is 2.11. The molecule has 0 fully saturated rings. The average molecular weight is 387 g/mol. The predicted octanol–water partition coefficient (Wildman–Crippen LogP) is 3.94. The van der Waals surface area contributed by atoms with Gasteiger partial charge < -0.3 is 5.11 Å². The fraction of sp³-hybridized carbons (Fsp3) is 0.0667. The van der Waals surface area contributed by atoms with E-state index in [4.69, 9.17) is 0 Å². The van der Waals surface area contributed by atoms with Crippen LogP contribution < -0.4 is 5.43 Å². The number of nitrogens with one attached hydrogen (secondary N) is 1. The molecule has 120 valence electrons. The van der Waals surface area contributed by atoms with E-state index in [0.29, 0.717) is 10.0 Å². The van der Waals surface area contributed by atoms with Crippen molar-refractivity contribution in [2.24, 2.45) is 5.10 Å². The second-order valence-electron chi connectivity index (χ2n) is 4.46. The standard InChI is InChI=1S/C15H10BrF3N2O2/c16-12-6-2-4-10(13(12)22)8-20-21-14(23)9-3-1-5-11(7-9)15(17,18)19/h1-8,22H,(H,21,23)/b20-8-. The maximum atomic E-state index is 12.6. The molecule has 4 nitrogen and oxygen atoms in total. The Hall–Kier alpha value is -2.35. The maximum absolute atomic E-state index is 12.6. The highest BCUT2D eigenvalue weighted by Crippen LogP contribution is 2.29. The average Bonchev–Trinajstić information content (AvgIpc) is 2.50. The lowest BCUT2D eigenvalue weighted by molar-refractivity contribution is -0.137. The SMILES string of the molecule is O=C(N/N=C\c1cccc(Br)c1O)c1cccc(C(F)(F)F)c1. The summed E-state index contributed by atoms with van der Waals surface area (Å²) in [4.78, 5) is 11.8. The summed E-state index contributed by atoms with van der Waals surface area (Å²) in [6, 6.07) is 8.83. The summed E-state index contributed by atoms with van der Waals surface area (Å²) in [6.07, 6.45) is -3.34. The van der Waals surface area contributed by atoms with E-state index in [0.717, 1.165) is 18.2 Å². The Labute approximate surface area is 137 Å². The minimum absolute atomic E-state index is 0.0652. The van der Waals surface area contributed by atoms with E-state index in [-0.39, 0.29) is 11.3 Å². The molecule has 0 unspecified atom stereocenters. The molecule has 0 radical (unpaired) electrons. The van der Waals surface area contributed by atoms with Crippen molar-refractivity contribution in [3.8, 4) is 5.75 Å². The molecule has 2 aromatic rings. The number of carbonyl (C=O) groups excluding carboxylic acids is 1. The molecule has 0 bridgehead atoms. The summed E-state index contributed by atoms with van der Waals surface area (Å²) < 4.78 is 38.2. The monoisotopic (exact) mass is 386 g/mol. The van der Waals surface area contributed by atoms with Gasteiger partial charge in [0.15, 0.2) is 0 Å². The molecule has 0 aromatic heterocycles. The molecule has 8 heteroatoms. The van der Waals surface area contributed by atoms with Crippen LogP contribution in [0.4, 0.5) is 13.2 Å². The Kier molecular flexibility index (Phi) is 5.05. The third-order valence-corrected chi connectivity index (χ3v) is 3.48. The lowest BCUT2D eigenvalue weighted by atomic mass is 10.1. The van der Waals surface area contributed by atoms with Crippen molar-refractivity contribution >= 4 is 28.1 Å². The van der Waals surface area contributed by atoms with Gasteiger partial charge in [0.25, 0.3) is 5.91 Å². The van der Waals surface area contributed by atoms with E-state index in [1.54, 1.807) is 18.2 Å². The normalized spacial score (nSPS) is 11.7. The number of halogens is 4. The van der Waals surface area contributed by atoms with Crippen molar-refractivity contribution in [3.05, 3.63) is 63.6 Å². The van der Waals surface area contributed by atoms with Crippen molar-refractivity contribution in [1.29, 1.82) is 0 Å². The van der Waals surface area contributed by atoms with E-state index in [2.05, 4.69) is 26.5 Å². The molecule has 23 heavy (non-hydrogen) atoms. The maximum Gasteiger partial charge on any atom is 0.416 e. The van der Waals surface area contributed by atoms with Gasteiger partial charge in [0.1, 0.15) is 5.75 Å². The van der Waals surface area contributed by atoms with Gasteiger partial charge in [-0.3, -0.25) is 4.79 Å². The van der Waals surface area contributed by atoms with Gasteiger partial charge in [-0.2, -0.15) is 18.3 Å². The van der Waals surface area contributed by atoms with Crippen LogP contribution in [0.3, 0.4) is 0 Å². The van der Waals surface area contributed by atoms with Crippen LogP contribution in [0, 0.1) is 0 Å². The molecule has 1 amide bonds. The summed E-state index contributed by atoms with van der Waals surface area (Å²) in [6.45, 7) is 0. The van der Waals surface area contributed by atoms with Crippen LogP contribution in [-0.4, -0.2) is 17.2 Å². The number of carbonyl (C=O) groups is 1. The summed E-state index contributed by atoms with van der Waals surface area (Å²) in [7, 11) is 0. The molecule has 0 saturated carbocycles. The highest BCUT2D eigenvalue weighted by Gasteiger charge is 2.30. The van der Waals surface area contributed by atoms with Gasteiger partial charge >= 0.3 is 6.18 Å². The van der Waals surface area contributed by atoms with E-state index >= 15 is 0 Å². The van der Waals surface area contributed by atoms with Crippen molar-refractivity contribution in [2.75, 3.05) is 0 Å². The van der Waals surface area contributed by atoms with Crippen LogP contribution in [0.15, 0.2) is 52.0 Å². The highest BCUT2D eigenvalue weighted by atomic mass is 79.9. The molecule has 0 heterocycles. The summed E-state index contributed by atoms with van der Waals surface area (Å²) >= 11 is 3.12. The predicted molar refractivity (Wildman–Crippen MR) is 82.3 cm³/mol. The second-order valence-corrected chi connectivity index (χ2v) is 5.31. The number of benzene rings is 2. The topological polar surface area (TPSA) is 61.7 Å². The zero-order valence-electron chi connectivity index (χ0n) is 11.4. The molecule has 0 aliphatic heterocycles. The smallest absolute Gasteiger partial charge is 0.416 e. The first-order valence-corrected chi connectivity index (χ1v) is 7.06. The number of amides is 1. The Morgan fingerprint density at radius 3 is 2.61 bits per heavy atom. The summed E-state index contributed by atoms with van der Waals surface area (Å²) in [5.74, 6) is -0.855. The molecule has 0 saturated heterocycles. The van der Waals surface area contributed by atoms with Crippen LogP contribution >= 0.6 is 15.9 Å². The fourth-order valence-electron chi connectivity index (χ4n) is 1.70. The van der Waals surface area contributed by atoms with E-state index in [1.165, 1.54) is 12.3 Å². The second kappa shape index (κ2) is 6.82. The van der Waals surface area contributed by atoms with Crippen LogP contribution in [0.2, 0.25) is 0 Å². The lowest BCUT2D eigenvalue weighted by Crippen LogP contribution is -2.18. The van der Waals surface area contributed by atoms with Gasteiger partial charge in [-0.1, -0.05) is 12.1 Å². The Morgan fingerprint density at radius 1 is 1.22 bits per heavy atom. The zero-order chi connectivity index (χ0) is 17.0. The minimum atomic E-state index is -4.53. The molecular formula is C15H10BrF3N2O2. The Bertz CT molecular complexity index is 761. The molecule has 2 N–H and O–H groups in total. The first kappa shape index (κ1) is 17.0. The fourth-order valence-corrected chi connectivity index (χ4v) is 2.08. The number of phenols is 1. The number of hydrogen-bond donors (Lipinski definition) is 2. The number of para-hydroxylation sites is 1. The van der Waals surface area contributed by atoms with Gasteiger partial charge in [-0.05, 0) is 46.3 Å². The number of hydrazone groups is 1. The number of rotatable bonds is 3. The van der Waals surface area contributed by atoms with Crippen LogP contribution in [0.5, 0.6) is 5.75 Å². The summed E-state index contributed by atoms with van der Waals surface area (Å²) in [5.41, 5.74) is 1.36. The van der Waals surface area contributed by atoms with Crippen molar-refractivity contribution in [3.63, 3.8) is 0 Å². The highest BCUT2D eigenvalue weighted by molar-refractivity contribution is 9.10. The number of phenolic OH excluding ortho intramolecular Hbond substituents is 1. The van der Waals surface area contributed by atoms with Crippen molar-refractivity contribution < 1.29 is 23.1 Å². The largest absolute Gasteiger partial charge is 0.506 e. The third-order valence-electron chi connectivity index (χ3n) is 2.84. The van der Waals surface area contributed by atoms with Crippen LogP contribution in [-0.2, 0) is 6.18 Å². The number of alkyl halides is 3. The van der Waals surface area contributed by atoms with Gasteiger partial charge in [0.2, 0.25) is 0 Å². The molecule has 0 spiro atoms. The number of nitrogens with zero attached hydrogens (tertiary/aromatic N) is 1. The molecule has 0 atom stereocenters. The summed E-state index contributed by atoms with van der Waals surface area (Å²) in [5, 5.41) is 13.4. The molecule has 2 rings (SSSR count). The zero-order valence-corrected chi connectivity index (χ0v) is 13.0. The number of hydrogen-bond acceptors (Lipinski definition) is 3. The first-order valence-electron chi connectivity index (χ1n) is 6.27. The van der Waals surface area contributed by atoms with E-state index in [1.807, 2.05) is 0 Å². The molecule has 2 aromatic carbocycles. The lowest BCUT2D eigenvalue weighted by Gasteiger charge is -2.07. The van der Waals surface area contributed by atoms with Crippen molar-refractivity contribution in [1.82, 2.24) is 5.43 Å². The third kappa shape index (κ3) is 4.32. The molecular weight excluding hydrogens is 377 g/mol.